The van der Waals surface area contributed by atoms with Gasteiger partial charge in [-0.3, -0.25) is 9.97 Å². The predicted octanol–water partition coefficient (Wildman–Crippen LogP) is 10.7. The second-order valence-corrected chi connectivity index (χ2v) is 13.0. The monoisotopic (exact) mass is 841 g/mol. The molecular weight excluding hydrogens is 806 g/mol. The van der Waals surface area contributed by atoms with Crippen molar-refractivity contribution >= 4 is 10.8 Å². The smallest absolute Gasteiger partial charge is 0.128 e. The molecule has 2 heterocycles. The van der Waals surface area contributed by atoms with Crippen molar-refractivity contribution in [1.29, 1.82) is 0 Å². The molecule has 0 saturated heterocycles. The zero-order chi connectivity index (χ0) is 34.0. The van der Waals surface area contributed by atoms with Crippen molar-refractivity contribution in [2.45, 2.75) is 26.7 Å². The van der Waals surface area contributed by atoms with Crippen molar-refractivity contribution in [2.75, 3.05) is 0 Å². The molecule has 0 radical (unpaired) electrons. The molecule has 2 aromatic heterocycles. The van der Waals surface area contributed by atoms with Crippen LogP contribution in [0, 0.1) is 19.9 Å². The second kappa shape index (κ2) is 14.7. The van der Waals surface area contributed by atoms with E-state index in [1.807, 2.05) is 67.1 Å². The van der Waals surface area contributed by atoms with Crippen molar-refractivity contribution in [1.82, 2.24) is 14.5 Å². The summed E-state index contributed by atoms with van der Waals surface area (Å²) in [5.41, 5.74) is 12.1. The van der Waals surface area contributed by atoms with Crippen LogP contribution in [0.1, 0.15) is 33.4 Å². The molecule has 0 bridgehead atoms. The molecule has 0 unspecified atom stereocenters. The number of hydrogen-bond acceptors (Lipinski definition) is 3. The largest absolute Gasteiger partial charge is 0.507 e. The van der Waals surface area contributed by atoms with Crippen molar-refractivity contribution in [3.05, 3.63) is 191 Å². The Hall–Kier alpha value is -5.57. The average Bonchev–Trinajstić information content (AvgIpc) is 3.59. The molecule has 8 rings (SSSR count). The maximum absolute atomic E-state index is 12.2. The molecule has 0 fully saturated rings. The SMILES string of the molecule is Cc1cc(C)cc(-n2cc(-c3cc(-c4ccccc4)cc(Cc4ccccc4Cc4cncc5ccccc45)c3O)nc2-c2[c-]cccc2)c1.[Pt]. The van der Waals surface area contributed by atoms with Crippen LogP contribution in [0.3, 0.4) is 0 Å². The van der Waals surface area contributed by atoms with Crippen molar-refractivity contribution in [2.24, 2.45) is 0 Å². The van der Waals surface area contributed by atoms with Crippen molar-refractivity contribution in [3.63, 3.8) is 0 Å². The maximum atomic E-state index is 12.2. The molecule has 0 saturated carbocycles. The molecule has 252 valence electrons. The minimum atomic E-state index is 0. The van der Waals surface area contributed by atoms with E-state index in [-0.39, 0.29) is 26.8 Å². The summed E-state index contributed by atoms with van der Waals surface area (Å²) in [7, 11) is 0. The summed E-state index contributed by atoms with van der Waals surface area (Å²) in [5, 5.41) is 14.5. The van der Waals surface area contributed by atoms with Gasteiger partial charge in [-0.1, -0.05) is 84.9 Å². The van der Waals surface area contributed by atoms with E-state index in [2.05, 4.69) is 114 Å². The van der Waals surface area contributed by atoms with Gasteiger partial charge in [0.2, 0.25) is 0 Å². The van der Waals surface area contributed by atoms with Gasteiger partial charge in [-0.25, -0.2) is 0 Å². The van der Waals surface area contributed by atoms with Gasteiger partial charge in [0.25, 0.3) is 0 Å². The third-order valence-corrected chi connectivity index (χ3v) is 9.34. The Morgan fingerprint density at radius 1 is 0.647 bits per heavy atom. The Morgan fingerprint density at radius 3 is 2.08 bits per heavy atom. The quantitative estimate of drug-likeness (QED) is 0.155. The third kappa shape index (κ3) is 7.06. The zero-order valence-electron chi connectivity index (χ0n) is 28.5. The Kier molecular flexibility index (Phi) is 9.79. The number of aryl methyl sites for hydroxylation is 2. The number of imidazole rings is 1. The Morgan fingerprint density at radius 2 is 1.33 bits per heavy atom. The summed E-state index contributed by atoms with van der Waals surface area (Å²) in [6.45, 7) is 4.22. The fourth-order valence-electron chi connectivity index (χ4n) is 6.97. The van der Waals surface area contributed by atoms with E-state index in [1.54, 1.807) is 0 Å². The zero-order valence-corrected chi connectivity index (χ0v) is 30.7. The predicted molar refractivity (Wildman–Crippen MR) is 204 cm³/mol. The number of fused-ring (bicyclic) bond motifs is 1. The second-order valence-electron chi connectivity index (χ2n) is 13.0. The van der Waals surface area contributed by atoms with Crippen LogP contribution >= 0.6 is 0 Å². The Balaban J connectivity index is 0.00000406. The van der Waals surface area contributed by atoms with Gasteiger partial charge in [0, 0.05) is 62.7 Å². The first kappa shape index (κ1) is 33.9. The molecule has 51 heavy (non-hydrogen) atoms. The number of aromatic hydroxyl groups is 1. The van der Waals surface area contributed by atoms with E-state index >= 15 is 0 Å². The number of pyridine rings is 1. The van der Waals surface area contributed by atoms with Gasteiger partial charge in [0.15, 0.2) is 0 Å². The van der Waals surface area contributed by atoms with E-state index in [1.165, 1.54) is 27.6 Å². The molecule has 0 amide bonds. The molecule has 0 aliphatic rings. The average molecular weight is 842 g/mol. The molecule has 0 aliphatic carbocycles. The summed E-state index contributed by atoms with van der Waals surface area (Å²) in [4.78, 5) is 9.74. The van der Waals surface area contributed by atoms with E-state index in [0.717, 1.165) is 51.1 Å². The first-order valence-corrected chi connectivity index (χ1v) is 17.0. The Labute approximate surface area is 313 Å². The minimum Gasteiger partial charge on any atom is -0.507 e. The van der Waals surface area contributed by atoms with Gasteiger partial charge >= 0.3 is 0 Å². The maximum Gasteiger partial charge on any atom is 0.128 e. The first-order chi connectivity index (χ1) is 24.5. The van der Waals surface area contributed by atoms with E-state index in [9.17, 15) is 5.11 Å². The molecule has 0 aliphatic heterocycles. The van der Waals surface area contributed by atoms with Gasteiger partial charge in [-0.05, 0) is 94.4 Å². The molecule has 0 atom stereocenters. The molecule has 8 aromatic rings. The summed E-state index contributed by atoms with van der Waals surface area (Å²) < 4.78 is 2.11. The number of aromatic nitrogens is 3. The van der Waals surface area contributed by atoms with Crippen molar-refractivity contribution in [3.8, 4) is 45.2 Å². The van der Waals surface area contributed by atoms with E-state index in [0.29, 0.717) is 17.7 Å². The van der Waals surface area contributed by atoms with Crippen LogP contribution in [0.2, 0.25) is 0 Å². The first-order valence-electron chi connectivity index (χ1n) is 17.0. The van der Waals surface area contributed by atoms with E-state index in [4.69, 9.17) is 4.98 Å². The molecule has 6 aromatic carbocycles. The summed E-state index contributed by atoms with van der Waals surface area (Å²) in [6, 6.07) is 49.2. The number of nitrogens with zero attached hydrogens (tertiary/aromatic N) is 3. The van der Waals surface area contributed by atoms with Crippen LogP contribution in [-0.4, -0.2) is 19.6 Å². The molecule has 1 N–H and O–H groups in total. The van der Waals surface area contributed by atoms with Crippen LogP contribution in [0.4, 0.5) is 0 Å². The minimum absolute atomic E-state index is 0. The van der Waals surface area contributed by atoms with Gasteiger partial charge in [0.05, 0.1) is 11.5 Å². The normalized spacial score (nSPS) is 11.0. The Bertz CT molecular complexity index is 2440. The summed E-state index contributed by atoms with van der Waals surface area (Å²) in [5.74, 6) is 1.01. The number of rotatable bonds is 8. The third-order valence-electron chi connectivity index (χ3n) is 9.34. The number of hydrogen-bond donors (Lipinski definition) is 1. The van der Waals surface area contributed by atoms with Crippen molar-refractivity contribution < 1.29 is 26.2 Å². The summed E-state index contributed by atoms with van der Waals surface area (Å²) in [6.07, 6.45) is 7.23. The number of phenolic OH excluding ortho intramolecular Hbond substituents is 1. The number of phenols is 1. The fourth-order valence-corrected chi connectivity index (χ4v) is 6.97. The standard InChI is InChI=1S/C46H36N3O.Pt/c1-31-21-32(2)23-41(22-31)49-30-44(48-46(49)34-15-7-4-8-16-34)43-27-38(33-13-5-3-6-14-33)26-39(45(43)50)24-35-17-9-10-18-36(35)25-40-29-47-28-37-19-11-12-20-42(37)40;/h3-15,17-23,26-30,50H,24-25H2,1-2H3;/q-1;. The molecule has 0 spiro atoms. The molecule has 5 heteroatoms. The van der Waals surface area contributed by atoms with Crippen LogP contribution in [0.5, 0.6) is 5.75 Å². The molecular formula is C46H36N3OPt-. The fraction of sp³-hybridized carbons (Fsp3) is 0.0870. The van der Waals surface area contributed by atoms with Crippen LogP contribution < -0.4 is 0 Å². The molecule has 4 nitrogen and oxygen atoms in total. The topological polar surface area (TPSA) is 50.9 Å². The summed E-state index contributed by atoms with van der Waals surface area (Å²) >= 11 is 0. The van der Waals surface area contributed by atoms with Crippen LogP contribution in [0.25, 0.3) is 50.2 Å². The van der Waals surface area contributed by atoms with E-state index < -0.39 is 0 Å². The van der Waals surface area contributed by atoms with Gasteiger partial charge in [-0.15, -0.1) is 35.9 Å². The van der Waals surface area contributed by atoms with Crippen LogP contribution in [-0.2, 0) is 33.9 Å². The van der Waals surface area contributed by atoms with Crippen LogP contribution in [0.15, 0.2) is 152 Å². The number of benzene rings is 6. The van der Waals surface area contributed by atoms with Gasteiger partial charge < -0.3 is 9.67 Å². The van der Waals surface area contributed by atoms with Gasteiger partial charge in [0.1, 0.15) is 5.75 Å². The van der Waals surface area contributed by atoms with Gasteiger partial charge in [-0.2, -0.15) is 0 Å².